The molecule has 25 heavy (non-hydrogen) atoms. The summed E-state index contributed by atoms with van der Waals surface area (Å²) in [6.07, 6.45) is 6.15. The lowest BCUT2D eigenvalue weighted by molar-refractivity contribution is -0.833. The van der Waals surface area contributed by atoms with Crippen molar-refractivity contribution >= 4 is 11.6 Å². The average molecular weight is 345 g/mol. The van der Waals surface area contributed by atoms with Crippen molar-refractivity contribution in [3.63, 3.8) is 0 Å². The zero-order valence-electron chi connectivity index (χ0n) is 16.2. The van der Waals surface area contributed by atoms with Crippen molar-refractivity contribution in [3.8, 4) is 6.19 Å². The second kappa shape index (κ2) is 6.37. The van der Waals surface area contributed by atoms with Gasteiger partial charge in [0.15, 0.2) is 0 Å². The number of aromatic nitrogens is 1. The zero-order valence-corrected chi connectivity index (χ0v) is 16.2. The number of nitrogens with zero attached hydrogens (tertiary/aromatic N) is 6. The van der Waals surface area contributed by atoms with E-state index < -0.39 is 5.54 Å². The summed E-state index contributed by atoms with van der Waals surface area (Å²) in [6.45, 7) is 8.12. The van der Waals surface area contributed by atoms with Gasteiger partial charge in [0.25, 0.3) is 0 Å². The van der Waals surface area contributed by atoms with Gasteiger partial charge >= 0.3 is 5.96 Å². The molecule has 1 aromatic rings. The second-order valence-electron chi connectivity index (χ2n) is 8.31. The summed E-state index contributed by atoms with van der Waals surface area (Å²) in [5, 5.41) is 21.4. The molecule has 0 bridgehead atoms. The van der Waals surface area contributed by atoms with Crippen molar-refractivity contribution in [1.82, 2.24) is 10.0 Å². The smallest absolute Gasteiger partial charge is 0.313 e. The molecule has 1 aromatic heterocycles. The van der Waals surface area contributed by atoms with Crippen LogP contribution in [0.25, 0.3) is 0 Å². The maximum Gasteiger partial charge on any atom is 0.319 e. The highest BCUT2D eigenvalue weighted by atomic mass is 16.5. The molecule has 0 radical (unpaired) electrons. The van der Waals surface area contributed by atoms with Crippen LogP contribution in [0.3, 0.4) is 0 Å². The molecule has 1 N–H and O–H groups in total. The van der Waals surface area contributed by atoms with Gasteiger partial charge in [0.1, 0.15) is 6.04 Å². The molecular weight excluding hydrogens is 316 g/mol. The largest absolute Gasteiger partial charge is 0.319 e. The molecule has 1 atom stereocenters. The minimum atomic E-state index is -0.470. The van der Waals surface area contributed by atoms with Crippen LogP contribution in [0.2, 0.25) is 0 Å². The topological polar surface area (TPSA) is 75.8 Å². The average Bonchev–Trinajstić information content (AvgIpc) is 2.73. The number of guanidine groups is 1. The fourth-order valence-corrected chi connectivity index (χ4v) is 4.21. The van der Waals surface area contributed by atoms with Crippen LogP contribution in [-0.2, 0) is 0 Å². The number of hydrogen-bond donors (Lipinski definition) is 1. The molecule has 1 aliphatic heterocycles. The second-order valence-corrected chi connectivity index (χ2v) is 8.31. The maximum absolute atomic E-state index is 10.7. The van der Waals surface area contributed by atoms with Crippen molar-refractivity contribution in [3.05, 3.63) is 24.5 Å². The molecular formula is C18H29N6O+. The molecule has 1 unspecified atom stereocenters. The summed E-state index contributed by atoms with van der Waals surface area (Å²) in [5.41, 5.74) is 0.0880. The number of anilines is 1. The normalized spacial score (nSPS) is 23.3. The van der Waals surface area contributed by atoms with Crippen LogP contribution in [0.15, 0.2) is 29.5 Å². The number of quaternary nitrogens is 1. The summed E-state index contributed by atoms with van der Waals surface area (Å²) in [7, 11) is 5.97. The van der Waals surface area contributed by atoms with Gasteiger partial charge in [-0.2, -0.15) is 10.3 Å². The van der Waals surface area contributed by atoms with Gasteiger partial charge in [-0.1, -0.05) is 0 Å². The van der Waals surface area contributed by atoms with Gasteiger partial charge in [0.2, 0.25) is 6.19 Å². The first-order valence-corrected chi connectivity index (χ1v) is 8.40. The number of aliphatic imine (C=N–C) groups is 1. The Morgan fingerprint density at radius 2 is 1.92 bits per heavy atom. The van der Waals surface area contributed by atoms with E-state index >= 15 is 0 Å². The van der Waals surface area contributed by atoms with Crippen LogP contribution in [0.5, 0.6) is 0 Å². The van der Waals surface area contributed by atoms with E-state index in [1.807, 2.05) is 72.1 Å². The first-order valence-electron chi connectivity index (χ1n) is 8.40. The number of hydroxylamine groups is 2. The van der Waals surface area contributed by atoms with Crippen LogP contribution in [0, 0.1) is 11.5 Å². The Hall–Kier alpha value is -2.01. The molecule has 0 saturated carbocycles. The molecule has 0 amide bonds. The minimum Gasteiger partial charge on any atom is -0.313 e. The fourth-order valence-electron chi connectivity index (χ4n) is 4.21. The van der Waals surface area contributed by atoms with E-state index in [2.05, 4.69) is 9.98 Å². The molecule has 7 nitrogen and oxygen atoms in total. The summed E-state index contributed by atoms with van der Waals surface area (Å²) >= 11 is 0. The zero-order chi connectivity index (χ0) is 19.0. The lowest BCUT2D eigenvalue weighted by atomic mass is 9.91. The minimum absolute atomic E-state index is 0.0453. The van der Waals surface area contributed by atoms with Crippen LogP contribution in [0.4, 0.5) is 5.69 Å². The molecule has 7 heteroatoms. The van der Waals surface area contributed by atoms with E-state index in [0.717, 1.165) is 12.1 Å². The van der Waals surface area contributed by atoms with Crippen molar-refractivity contribution in [2.24, 2.45) is 4.99 Å². The van der Waals surface area contributed by atoms with Gasteiger partial charge in [-0.3, -0.25) is 14.4 Å². The highest BCUT2D eigenvalue weighted by Gasteiger charge is 2.59. The lowest BCUT2D eigenvalue weighted by Gasteiger charge is -2.44. The van der Waals surface area contributed by atoms with Crippen molar-refractivity contribution < 1.29 is 9.69 Å². The summed E-state index contributed by atoms with van der Waals surface area (Å²) in [4.78, 5) is 10.1. The Bertz CT molecular complexity index is 689. The van der Waals surface area contributed by atoms with Crippen LogP contribution < -0.4 is 4.90 Å². The molecule has 2 heterocycles. The number of hydrogen-bond acceptors (Lipinski definition) is 5. The molecule has 0 aromatic carbocycles. The van der Waals surface area contributed by atoms with E-state index in [4.69, 9.17) is 0 Å². The molecule has 136 valence electrons. The highest BCUT2D eigenvalue weighted by molar-refractivity contribution is 5.91. The van der Waals surface area contributed by atoms with Gasteiger partial charge in [0, 0.05) is 31.4 Å². The van der Waals surface area contributed by atoms with E-state index in [-0.39, 0.29) is 11.6 Å². The number of rotatable bonds is 2. The Morgan fingerprint density at radius 3 is 2.36 bits per heavy atom. The summed E-state index contributed by atoms with van der Waals surface area (Å²) in [5.74, 6) is 0.623. The van der Waals surface area contributed by atoms with Gasteiger partial charge in [-0.15, -0.1) is 4.99 Å². The number of pyridine rings is 1. The predicted octanol–water partition coefficient (Wildman–Crippen LogP) is 2.45. The molecule has 2 rings (SSSR count). The van der Waals surface area contributed by atoms with Gasteiger partial charge < -0.3 is 5.21 Å². The first-order chi connectivity index (χ1) is 11.5. The third kappa shape index (κ3) is 3.25. The van der Waals surface area contributed by atoms with Crippen molar-refractivity contribution in [2.45, 2.75) is 51.2 Å². The molecule has 1 aliphatic rings. The SMILES string of the molecule is CN(C(=NC#N)[N+](C)(C)C1CC(C)(C)N(O)C1(C)C)c1ccncc1. The molecule has 0 aliphatic carbocycles. The van der Waals surface area contributed by atoms with Crippen LogP contribution in [-0.4, -0.2) is 64.0 Å². The number of nitriles is 1. The quantitative estimate of drug-likeness (QED) is 0.386. The lowest BCUT2D eigenvalue weighted by Crippen LogP contribution is -2.65. The van der Waals surface area contributed by atoms with Crippen molar-refractivity contribution in [1.29, 1.82) is 5.26 Å². The Kier molecular flexibility index (Phi) is 4.92. The highest BCUT2D eigenvalue weighted by Crippen LogP contribution is 2.43. The Labute approximate surface area is 150 Å². The fraction of sp³-hybridized carbons (Fsp3) is 0.611. The molecule has 0 spiro atoms. The van der Waals surface area contributed by atoms with Crippen LogP contribution in [0.1, 0.15) is 34.1 Å². The van der Waals surface area contributed by atoms with E-state index in [1.54, 1.807) is 12.4 Å². The van der Waals surface area contributed by atoms with E-state index in [0.29, 0.717) is 10.4 Å². The van der Waals surface area contributed by atoms with Gasteiger partial charge in [0.05, 0.1) is 25.3 Å². The standard InChI is InChI=1S/C18H29N6O/c1-17(2)12-15(18(3,4)23(17)25)24(6,7)16(21-13-19)22(5)14-8-10-20-11-9-14/h8-11,15,25H,12H2,1-7H3/q+1. The number of likely N-dealkylation sites (N-methyl/N-ethyl adjacent to an activating group) is 1. The Morgan fingerprint density at radius 1 is 1.36 bits per heavy atom. The van der Waals surface area contributed by atoms with Gasteiger partial charge in [-0.25, -0.2) is 0 Å². The monoisotopic (exact) mass is 345 g/mol. The molecule has 1 fully saturated rings. The first kappa shape index (κ1) is 19.3. The summed E-state index contributed by atoms with van der Waals surface area (Å²) < 4.78 is 0.375. The van der Waals surface area contributed by atoms with Crippen LogP contribution >= 0.6 is 0 Å². The van der Waals surface area contributed by atoms with Gasteiger partial charge in [-0.05, 0) is 39.8 Å². The third-order valence-corrected chi connectivity index (χ3v) is 5.42. The Balaban J connectivity index is 2.48. The predicted molar refractivity (Wildman–Crippen MR) is 98.0 cm³/mol. The van der Waals surface area contributed by atoms with E-state index in [1.165, 1.54) is 5.06 Å². The molecule has 1 saturated heterocycles. The van der Waals surface area contributed by atoms with E-state index in [9.17, 15) is 10.5 Å². The maximum atomic E-state index is 10.7. The summed E-state index contributed by atoms with van der Waals surface area (Å²) in [6, 6.07) is 3.81. The third-order valence-electron chi connectivity index (χ3n) is 5.42. The van der Waals surface area contributed by atoms with Crippen molar-refractivity contribution in [2.75, 3.05) is 26.0 Å².